The van der Waals surface area contributed by atoms with E-state index < -0.39 is 9.84 Å². The molecule has 2 aromatic rings. The van der Waals surface area contributed by atoms with Crippen LogP contribution in [0.5, 0.6) is 0 Å². The first-order chi connectivity index (χ1) is 11.9. The third-order valence-electron chi connectivity index (χ3n) is 4.02. The lowest BCUT2D eigenvalue weighted by atomic mass is 10.2. The Morgan fingerprint density at radius 2 is 2.12 bits per heavy atom. The summed E-state index contributed by atoms with van der Waals surface area (Å²) < 4.78 is 30.4. The molecule has 1 atom stereocenters. The molecule has 1 saturated heterocycles. The van der Waals surface area contributed by atoms with Crippen LogP contribution in [0.4, 0.5) is 5.82 Å². The van der Waals surface area contributed by atoms with Gasteiger partial charge in [-0.25, -0.2) is 13.1 Å². The molecule has 25 heavy (non-hydrogen) atoms. The lowest BCUT2D eigenvalue weighted by Gasteiger charge is -2.13. The molecule has 0 spiro atoms. The maximum atomic E-state index is 12.1. The van der Waals surface area contributed by atoms with Crippen molar-refractivity contribution < 1.29 is 17.9 Å². The molecule has 1 fully saturated rings. The van der Waals surface area contributed by atoms with Crippen molar-refractivity contribution in [1.29, 1.82) is 0 Å². The first kappa shape index (κ1) is 17.6. The van der Waals surface area contributed by atoms with Crippen LogP contribution in [-0.4, -0.2) is 42.2 Å². The number of nitrogens with zero attached hydrogens (tertiary/aromatic N) is 2. The second kappa shape index (κ2) is 7.37. The topological polar surface area (TPSA) is 90.3 Å². The zero-order valence-corrected chi connectivity index (χ0v) is 14.8. The number of carbonyl (C=O) groups is 1. The highest BCUT2D eigenvalue weighted by Gasteiger charge is 2.31. The Hall–Kier alpha value is -2.19. The van der Waals surface area contributed by atoms with Gasteiger partial charge in [0.1, 0.15) is 12.4 Å². The van der Waals surface area contributed by atoms with E-state index in [4.69, 9.17) is 4.74 Å². The predicted molar refractivity (Wildman–Crippen MR) is 94.0 cm³/mol. The molecule has 1 aliphatic heterocycles. The summed E-state index contributed by atoms with van der Waals surface area (Å²) in [5.74, 6) is 0.428. The van der Waals surface area contributed by atoms with E-state index in [9.17, 15) is 13.2 Å². The fourth-order valence-corrected chi connectivity index (χ4v) is 4.56. The number of benzene rings is 1. The molecule has 1 unspecified atom stereocenters. The summed E-state index contributed by atoms with van der Waals surface area (Å²) in [5.41, 5.74) is 1.72. The van der Waals surface area contributed by atoms with Gasteiger partial charge in [-0.3, -0.25) is 4.79 Å². The van der Waals surface area contributed by atoms with E-state index in [1.807, 2.05) is 37.3 Å². The molecule has 0 bridgehead atoms. The minimum Gasteiger partial charge on any atom is -0.367 e. The Balaban J connectivity index is 1.58. The molecule has 8 heteroatoms. The van der Waals surface area contributed by atoms with Crippen molar-refractivity contribution in [3.05, 3.63) is 47.7 Å². The molecule has 1 aliphatic rings. The summed E-state index contributed by atoms with van der Waals surface area (Å²) in [6.45, 7) is 2.08. The summed E-state index contributed by atoms with van der Waals surface area (Å²) in [7, 11) is -3.02. The number of hydrogen-bond acceptors (Lipinski definition) is 5. The van der Waals surface area contributed by atoms with Crippen LogP contribution >= 0.6 is 0 Å². The number of ether oxygens (including phenoxy) is 1. The number of amides is 1. The molecule has 7 nitrogen and oxygen atoms in total. The van der Waals surface area contributed by atoms with Gasteiger partial charge in [0.25, 0.3) is 5.91 Å². The average Bonchev–Trinajstić information content (AvgIpc) is 3.10. The molecule has 1 N–H and O–H groups in total. The largest absolute Gasteiger partial charge is 0.367 e. The van der Waals surface area contributed by atoms with Crippen LogP contribution in [0.1, 0.15) is 23.7 Å². The highest BCUT2D eigenvalue weighted by Crippen LogP contribution is 2.27. The number of aryl methyl sites for hydroxylation is 1. The predicted octanol–water partition coefficient (Wildman–Crippen LogP) is 1.71. The van der Waals surface area contributed by atoms with Gasteiger partial charge in [0.05, 0.1) is 29.8 Å². The molecule has 1 aromatic carbocycles. The van der Waals surface area contributed by atoms with Gasteiger partial charge < -0.3 is 10.1 Å². The van der Waals surface area contributed by atoms with Crippen molar-refractivity contribution in [2.45, 2.75) is 26.0 Å². The molecule has 0 aliphatic carbocycles. The van der Waals surface area contributed by atoms with E-state index in [2.05, 4.69) is 10.4 Å². The SMILES string of the molecule is Cc1cc(NC(=O)COCc2ccccc2)n(C2CCS(=O)(=O)C2)n1. The zero-order chi connectivity index (χ0) is 17.9. The van der Waals surface area contributed by atoms with Crippen LogP contribution in [0.15, 0.2) is 36.4 Å². The van der Waals surface area contributed by atoms with E-state index in [0.717, 1.165) is 11.3 Å². The lowest BCUT2D eigenvalue weighted by molar-refractivity contribution is -0.121. The summed E-state index contributed by atoms with van der Waals surface area (Å²) in [6.07, 6.45) is 0.511. The molecular formula is C17H21N3O4S. The van der Waals surface area contributed by atoms with E-state index in [-0.39, 0.29) is 30.1 Å². The van der Waals surface area contributed by atoms with Crippen LogP contribution in [0.25, 0.3) is 0 Å². The fourth-order valence-electron chi connectivity index (χ4n) is 2.87. The van der Waals surface area contributed by atoms with Gasteiger partial charge in [0.2, 0.25) is 0 Å². The Morgan fingerprint density at radius 3 is 2.80 bits per heavy atom. The van der Waals surface area contributed by atoms with Gasteiger partial charge in [0.15, 0.2) is 9.84 Å². The van der Waals surface area contributed by atoms with Crippen molar-refractivity contribution in [3.8, 4) is 0 Å². The number of carbonyl (C=O) groups excluding carboxylic acids is 1. The van der Waals surface area contributed by atoms with Crippen LogP contribution in [-0.2, 0) is 26.0 Å². The maximum Gasteiger partial charge on any atom is 0.251 e. The summed E-state index contributed by atoms with van der Waals surface area (Å²) in [4.78, 5) is 12.1. The lowest BCUT2D eigenvalue weighted by Crippen LogP contribution is -2.22. The van der Waals surface area contributed by atoms with Crippen molar-refractivity contribution >= 4 is 21.6 Å². The minimum atomic E-state index is -3.02. The van der Waals surface area contributed by atoms with E-state index in [0.29, 0.717) is 18.8 Å². The number of nitrogens with one attached hydrogen (secondary N) is 1. The van der Waals surface area contributed by atoms with Gasteiger partial charge in [-0.2, -0.15) is 5.10 Å². The first-order valence-corrected chi connectivity index (χ1v) is 9.93. The molecule has 0 radical (unpaired) electrons. The molecular weight excluding hydrogens is 342 g/mol. The molecule has 134 valence electrons. The van der Waals surface area contributed by atoms with Crippen LogP contribution in [0, 0.1) is 6.92 Å². The number of aromatic nitrogens is 2. The average molecular weight is 363 g/mol. The molecule has 1 aromatic heterocycles. The van der Waals surface area contributed by atoms with Gasteiger partial charge in [0, 0.05) is 6.07 Å². The molecule has 0 saturated carbocycles. The van der Waals surface area contributed by atoms with Crippen LogP contribution in [0.2, 0.25) is 0 Å². The Kier molecular flexibility index (Phi) is 5.19. The standard InChI is InChI=1S/C17H21N3O4S/c1-13-9-16(20(19-13)15-7-8-25(22,23)12-15)18-17(21)11-24-10-14-5-3-2-4-6-14/h2-6,9,15H,7-8,10-12H2,1H3,(H,18,21). The highest BCUT2D eigenvalue weighted by atomic mass is 32.2. The summed E-state index contributed by atoms with van der Waals surface area (Å²) in [5, 5.41) is 7.10. The number of anilines is 1. The minimum absolute atomic E-state index is 0.0570. The van der Waals surface area contributed by atoms with Gasteiger partial charge >= 0.3 is 0 Å². The van der Waals surface area contributed by atoms with Gasteiger partial charge in [-0.15, -0.1) is 0 Å². The number of rotatable bonds is 6. The van der Waals surface area contributed by atoms with Crippen molar-refractivity contribution in [3.63, 3.8) is 0 Å². The Morgan fingerprint density at radius 1 is 1.36 bits per heavy atom. The maximum absolute atomic E-state index is 12.1. The second-order valence-electron chi connectivity index (χ2n) is 6.20. The number of hydrogen-bond donors (Lipinski definition) is 1. The van der Waals surface area contributed by atoms with Gasteiger partial charge in [-0.1, -0.05) is 30.3 Å². The zero-order valence-electron chi connectivity index (χ0n) is 14.0. The normalized spacial score (nSPS) is 19.0. The van der Waals surface area contributed by atoms with E-state index in [1.54, 1.807) is 10.7 Å². The Labute approximate surface area is 146 Å². The van der Waals surface area contributed by atoms with Crippen molar-refractivity contribution in [2.75, 3.05) is 23.4 Å². The van der Waals surface area contributed by atoms with Gasteiger partial charge in [-0.05, 0) is 18.9 Å². The monoisotopic (exact) mass is 363 g/mol. The first-order valence-electron chi connectivity index (χ1n) is 8.11. The van der Waals surface area contributed by atoms with Crippen molar-refractivity contribution in [2.24, 2.45) is 0 Å². The summed E-state index contributed by atoms with van der Waals surface area (Å²) in [6, 6.07) is 11.1. The third kappa shape index (κ3) is 4.67. The number of sulfone groups is 1. The smallest absolute Gasteiger partial charge is 0.251 e. The quantitative estimate of drug-likeness (QED) is 0.844. The van der Waals surface area contributed by atoms with Crippen LogP contribution in [0.3, 0.4) is 0 Å². The molecule has 1 amide bonds. The summed E-state index contributed by atoms with van der Waals surface area (Å²) >= 11 is 0. The van der Waals surface area contributed by atoms with E-state index >= 15 is 0 Å². The highest BCUT2D eigenvalue weighted by molar-refractivity contribution is 7.91. The fraction of sp³-hybridized carbons (Fsp3) is 0.412. The van der Waals surface area contributed by atoms with E-state index in [1.165, 1.54) is 0 Å². The van der Waals surface area contributed by atoms with Crippen molar-refractivity contribution in [1.82, 2.24) is 9.78 Å². The second-order valence-corrected chi connectivity index (χ2v) is 8.43. The molecule has 2 heterocycles. The third-order valence-corrected chi connectivity index (χ3v) is 5.77. The van der Waals surface area contributed by atoms with Crippen LogP contribution < -0.4 is 5.32 Å². The molecule has 3 rings (SSSR count). The Bertz CT molecular complexity index is 846.